The van der Waals surface area contributed by atoms with E-state index in [1.165, 1.54) is 35.0 Å². The Labute approximate surface area is 147 Å². The number of thioether (sulfide) groups is 1. The highest BCUT2D eigenvalue weighted by atomic mass is 32.2. The fraction of sp³-hybridized carbons (Fsp3) is 0.722. The number of hydrogen-bond donors (Lipinski definition) is 1. The molecule has 1 aliphatic rings. The Morgan fingerprint density at radius 1 is 1.21 bits per heavy atom. The second-order valence-corrected chi connectivity index (χ2v) is 8.11. The molecule has 2 rings (SSSR count). The zero-order valence-corrected chi connectivity index (χ0v) is 15.4. The van der Waals surface area contributed by atoms with Crippen LogP contribution in [0, 0.1) is 17.8 Å². The van der Waals surface area contributed by atoms with Crippen LogP contribution >= 0.6 is 11.8 Å². The van der Waals surface area contributed by atoms with Gasteiger partial charge in [0.1, 0.15) is 0 Å². The molecule has 0 aliphatic heterocycles. The number of aromatic amines is 1. The number of rotatable bonds is 8. The molecule has 0 aromatic carbocycles. The maximum Gasteiger partial charge on any atom is 0.328 e. The van der Waals surface area contributed by atoms with Crippen LogP contribution in [0.3, 0.4) is 0 Å². The summed E-state index contributed by atoms with van der Waals surface area (Å²) < 4.78 is 1.24. The molecule has 1 saturated carbocycles. The molecule has 6 heteroatoms. The van der Waals surface area contributed by atoms with Crippen LogP contribution in [0.5, 0.6) is 0 Å². The third-order valence-electron chi connectivity index (χ3n) is 4.88. The van der Waals surface area contributed by atoms with Gasteiger partial charge in [0, 0.05) is 30.5 Å². The summed E-state index contributed by atoms with van der Waals surface area (Å²) in [4.78, 5) is 37.8. The fourth-order valence-electron chi connectivity index (χ4n) is 3.56. The first-order valence-corrected chi connectivity index (χ1v) is 9.92. The molecule has 0 radical (unpaired) electrons. The highest BCUT2D eigenvalue weighted by Gasteiger charge is 2.33. The van der Waals surface area contributed by atoms with Gasteiger partial charge in [0.2, 0.25) is 0 Å². The van der Waals surface area contributed by atoms with Crippen molar-refractivity contribution in [3.8, 4) is 0 Å². The van der Waals surface area contributed by atoms with E-state index in [0.29, 0.717) is 23.5 Å². The second kappa shape index (κ2) is 9.25. The Morgan fingerprint density at radius 2 is 1.96 bits per heavy atom. The summed E-state index contributed by atoms with van der Waals surface area (Å²) in [6.07, 6.45) is 7.41. The van der Waals surface area contributed by atoms with Gasteiger partial charge in [0.15, 0.2) is 5.12 Å². The summed E-state index contributed by atoms with van der Waals surface area (Å²) in [5.74, 6) is 2.34. The number of carbonyl (C=O) groups excluding carboxylic acids is 1. The maximum absolute atomic E-state index is 12.2. The molecule has 3 unspecified atom stereocenters. The minimum absolute atomic E-state index is 0.250. The first-order chi connectivity index (χ1) is 11.5. The molecular weight excluding hydrogens is 324 g/mol. The van der Waals surface area contributed by atoms with Crippen molar-refractivity contribution in [1.82, 2.24) is 9.55 Å². The highest BCUT2D eigenvalue weighted by molar-refractivity contribution is 8.13. The SMILES string of the molecule is CC1CC(C)C(C(=O)SCCCCCCn2c(=O)cc[nH]c2=O)C1. The maximum atomic E-state index is 12.2. The van der Waals surface area contributed by atoms with Crippen LogP contribution in [0.2, 0.25) is 0 Å². The van der Waals surface area contributed by atoms with Crippen LogP contribution in [-0.4, -0.2) is 20.4 Å². The summed E-state index contributed by atoms with van der Waals surface area (Å²) in [6.45, 7) is 4.88. The van der Waals surface area contributed by atoms with Crippen LogP contribution in [0.4, 0.5) is 0 Å². The number of unbranched alkanes of at least 4 members (excludes halogenated alkanes) is 3. The van der Waals surface area contributed by atoms with E-state index in [2.05, 4.69) is 18.8 Å². The highest BCUT2D eigenvalue weighted by Crippen LogP contribution is 2.38. The molecule has 1 heterocycles. The molecule has 0 spiro atoms. The third-order valence-corrected chi connectivity index (χ3v) is 5.96. The molecule has 1 fully saturated rings. The lowest BCUT2D eigenvalue weighted by atomic mass is 10.0. The molecule has 1 aromatic rings. The minimum Gasteiger partial charge on any atom is -0.314 e. The fourth-order valence-corrected chi connectivity index (χ4v) is 4.65. The Hall–Kier alpha value is -1.30. The van der Waals surface area contributed by atoms with E-state index in [1.54, 1.807) is 0 Å². The van der Waals surface area contributed by atoms with Crippen molar-refractivity contribution in [2.75, 3.05) is 5.75 Å². The molecule has 0 amide bonds. The van der Waals surface area contributed by atoms with E-state index < -0.39 is 0 Å². The minimum atomic E-state index is -0.344. The van der Waals surface area contributed by atoms with E-state index in [9.17, 15) is 14.4 Å². The summed E-state index contributed by atoms with van der Waals surface area (Å²) in [5.41, 5.74) is -0.594. The average molecular weight is 352 g/mol. The number of H-pyrrole nitrogens is 1. The Morgan fingerprint density at radius 3 is 2.62 bits per heavy atom. The van der Waals surface area contributed by atoms with Gasteiger partial charge in [-0.15, -0.1) is 0 Å². The number of nitrogens with one attached hydrogen (secondary N) is 1. The van der Waals surface area contributed by atoms with Crippen LogP contribution in [-0.2, 0) is 11.3 Å². The number of aromatic nitrogens is 2. The topological polar surface area (TPSA) is 71.9 Å². The van der Waals surface area contributed by atoms with Crippen molar-refractivity contribution in [1.29, 1.82) is 0 Å². The quantitative estimate of drug-likeness (QED) is 0.730. The number of hydrogen-bond acceptors (Lipinski definition) is 4. The summed E-state index contributed by atoms with van der Waals surface area (Å²) in [7, 11) is 0. The smallest absolute Gasteiger partial charge is 0.314 e. The van der Waals surface area contributed by atoms with Crippen molar-refractivity contribution in [2.24, 2.45) is 17.8 Å². The molecule has 1 aliphatic carbocycles. The first-order valence-electron chi connectivity index (χ1n) is 8.94. The standard InChI is InChI=1S/C18H28N2O3S/c1-13-11-14(2)15(12-13)17(22)24-10-6-4-3-5-9-20-16(21)7-8-19-18(20)23/h7-8,13-15H,3-6,9-12H2,1-2H3,(H,19,23). The lowest BCUT2D eigenvalue weighted by Gasteiger charge is -2.12. The monoisotopic (exact) mass is 352 g/mol. The van der Waals surface area contributed by atoms with Crippen molar-refractivity contribution in [2.45, 2.75) is 58.9 Å². The largest absolute Gasteiger partial charge is 0.328 e. The number of nitrogens with zero attached hydrogens (tertiary/aromatic N) is 1. The summed E-state index contributed by atoms with van der Waals surface area (Å²) >= 11 is 1.49. The van der Waals surface area contributed by atoms with Gasteiger partial charge >= 0.3 is 5.69 Å². The van der Waals surface area contributed by atoms with Crippen molar-refractivity contribution < 1.29 is 4.79 Å². The predicted molar refractivity (Wildman–Crippen MR) is 98.3 cm³/mol. The van der Waals surface area contributed by atoms with Gasteiger partial charge in [-0.2, -0.15) is 0 Å². The lowest BCUT2D eigenvalue weighted by molar-refractivity contribution is -0.115. The van der Waals surface area contributed by atoms with Crippen LogP contribution in [0.15, 0.2) is 21.9 Å². The second-order valence-electron chi connectivity index (χ2n) is 7.01. The molecule has 0 bridgehead atoms. The van der Waals surface area contributed by atoms with Crippen molar-refractivity contribution in [3.05, 3.63) is 33.1 Å². The Bertz CT molecular complexity index is 624. The van der Waals surface area contributed by atoms with Crippen LogP contribution in [0.1, 0.15) is 52.4 Å². The third kappa shape index (κ3) is 5.36. The van der Waals surface area contributed by atoms with Crippen LogP contribution < -0.4 is 11.2 Å². The Balaban J connectivity index is 1.58. The summed E-state index contributed by atoms with van der Waals surface area (Å²) in [5, 5.41) is 0.370. The van der Waals surface area contributed by atoms with Gasteiger partial charge in [0.05, 0.1) is 0 Å². The van der Waals surface area contributed by atoms with E-state index >= 15 is 0 Å². The first kappa shape index (κ1) is 19.0. The average Bonchev–Trinajstić information content (AvgIpc) is 2.87. The number of carbonyl (C=O) groups is 1. The molecule has 24 heavy (non-hydrogen) atoms. The Kier molecular flexibility index (Phi) is 7.34. The van der Waals surface area contributed by atoms with E-state index in [4.69, 9.17) is 0 Å². The van der Waals surface area contributed by atoms with Gasteiger partial charge < -0.3 is 4.98 Å². The molecule has 0 saturated heterocycles. The lowest BCUT2D eigenvalue weighted by Crippen LogP contribution is -2.33. The normalized spacial score (nSPS) is 23.5. The van der Waals surface area contributed by atoms with Crippen molar-refractivity contribution >= 4 is 16.9 Å². The molecule has 1 N–H and O–H groups in total. The zero-order valence-electron chi connectivity index (χ0n) is 14.6. The molecular formula is C18H28N2O3S. The van der Waals surface area contributed by atoms with Crippen LogP contribution in [0.25, 0.3) is 0 Å². The zero-order chi connectivity index (χ0) is 17.5. The van der Waals surface area contributed by atoms with E-state index in [1.807, 2.05) is 0 Å². The molecule has 134 valence electrons. The molecule has 5 nitrogen and oxygen atoms in total. The summed E-state index contributed by atoms with van der Waals surface area (Å²) in [6, 6.07) is 1.37. The van der Waals surface area contributed by atoms with E-state index in [-0.39, 0.29) is 17.2 Å². The van der Waals surface area contributed by atoms with E-state index in [0.717, 1.165) is 37.9 Å². The van der Waals surface area contributed by atoms with Gasteiger partial charge in [-0.1, -0.05) is 38.5 Å². The van der Waals surface area contributed by atoms with Gasteiger partial charge in [0.25, 0.3) is 5.56 Å². The predicted octanol–water partition coefficient (Wildman–Crippen LogP) is 3.04. The molecule has 3 atom stereocenters. The van der Waals surface area contributed by atoms with Gasteiger partial charge in [-0.05, 0) is 37.5 Å². The van der Waals surface area contributed by atoms with Gasteiger partial charge in [-0.25, -0.2) is 4.79 Å². The van der Waals surface area contributed by atoms with Gasteiger partial charge in [-0.3, -0.25) is 14.2 Å². The molecule has 1 aromatic heterocycles. The van der Waals surface area contributed by atoms with Crippen molar-refractivity contribution in [3.63, 3.8) is 0 Å².